The van der Waals surface area contributed by atoms with E-state index < -0.39 is 0 Å². The molecule has 1 aliphatic rings. The van der Waals surface area contributed by atoms with Crippen LogP contribution in [0.3, 0.4) is 0 Å². The SMILES string of the molecule is Nc1nc(Nc2ccccc2)nn2ccc(-c3cc(C4CC4)[nH]n3)c12. The van der Waals surface area contributed by atoms with E-state index in [4.69, 9.17) is 5.73 Å². The van der Waals surface area contributed by atoms with Crippen molar-refractivity contribution >= 4 is 23.0 Å². The van der Waals surface area contributed by atoms with Gasteiger partial charge in [0.05, 0.1) is 5.69 Å². The van der Waals surface area contributed by atoms with E-state index in [1.54, 1.807) is 4.52 Å². The topological polar surface area (TPSA) is 96.9 Å². The Morgan fingerprint density at radius 2 is 2.00 bits per heavy atom. The maximum atomic E-state index is 6.22. The molecule has 0 spiro atoms. The van der Waals surface area contributed by atoms with Crippen LogP contribution in [0.25, 0.3) is 16.8 Å². The molecule has 7 nitrogen and oxygen atoms in total. The number of nitrogens with one attached hydrogen (secondary N) is 2. The van der Waals surface area contributed by atoms with Gasteiger partial charge in [-0.1, -0.05) is 18.2 Å². The summed E-state index contributed by atoms with van der Waals surface area (Å²) in [6.45, 7) is 0. The first kappa shape index (κ1) is 14.0. The van der Waals surface area contributed by atoms with Crippen LogP contribution < -0.4 is 11.1 Å². The maximum Gasteiger partial charge on any atom is 0.247 e. The molecule has 0 amide bonds. The Kier molecular flexibility index (Phi) is 3.00. The molecule has 0 radical (unpaired) electrons. The summed E-state index contributed by atoms with van der Waals surface area (Å²) in [4.78, 5) is 4.41. The second-order valence-corrected chi connectivity index (χ2v) is 6.32. The lowest BCUT2D eigenvalue weighted by Gasteiger charge is -2.07. The molecule has 4 N–H and O–H groups in total. The molecular formula is C18H17N7. The largest absolute Gasteiger partial charge is 0.382 e. The number of nitrogens with zero attached hydrogens (tertiary/aromatic N) is 4. The Hall–Kier alpha value is -3.35. The Labute approximate surface area is 143 Å². The third kappa shape index (κ3) is 2.50. The number of hydrogen-bond donors (Lipinski definition) is 3. The summed E-state index contributed by atoms with van der Waals surface area (Å²) in [5, 5.41) is 15.2. The van der Waals surface area contributed by atoms with E-state index in [-0.39, 0.29) is 0 Å². The van der Waals surface area contributed by atoms with E-state index in [0.717, 1.165) is 22.5 Å². The zero-order valence-corrected chi connectivity index (χ0v) is 13.5. The number of aromatic nitrogens is 5. The zero-order valence-electron chi connectivity index (χ0n) is 13.5. The first-order valence-electron chi connectivity index (χ1n) is 8.30. The van der Waals surface area contributed by atoms with Gasteiger partial charge in [0.2, 0.25) is 5.95 Å². The third-order valence-corrected chi connectivity index (χ3v) is 4.46. The number of nitrogens with two attached hydrogens (primary N) is 1. The zero-order chi connectivity index (χ0) is 16.8. The summed E-state index contributed by atoms with van der Waals surface area (Å²) < 4.78 is 1.74. The fourth-order valence-corrected chi connectivity index (χ4v) is 3.04. The Morgan fingerprint density at radius 3 is 2.80 bits per heavy atom. The quantitative estimate of drug-likeness (QED) is 0.533. The van der Waals surface area contributed by atoms with Crippen molar-refractivity contribution in [1.82, 2.24) is 24.8 Å². The number of H-pyrrole nitrogens is 1. The highest BCUT2D eigenvalue weighted by atomic mass is 15.3. The molecule has 7 heteroatoms. The molecular weight excluding hydrogens is 314 g/mol. The van der Waals surface area contributed by atoms with Gasteiger partial charge in [-0.2, -0.15) is 10.1 Å². The van der Waals surface area contributed by atoms with Crippen molar-refractivity contribution < 1.29 is 0 Å². The van der Waals surface area contributed by atoms with Crippen LogP contribution in [0.15, 0.2) is 48.7 Å². The van der Waals surface area contributed by atoms with Gasteiger partial charge in [0.1, 0.15) is 5.52 Å². The molecule has 25 heavy (non-hydrogen) atoms. The third-order valence-electron chi connectivity index (χ3n) is 4.46. The molecule has 1 aliphatic carbocycles. The maximum absolute atomic E-state index is 6.22. The summed E-state index contributed by atoms with van der Waals surface area (Å²) >= 11 is 0. The van der Waals surface area contributed by atoms with Crippen LogP contribution in [-0.4, -0.2) is 24.8 Å². The predicted octanol–water partition coefficient (Wildman–Crippen LogP) is 3.32. The fourth-order valence-electron chi connectivity index (χ4n) is 3.04. The predicted molar refractivity (Wildman–Crippen MR) is 96.7 cm³/mol. The van der Waals surface area contributed by atoms with Gasteiger partial charge in [-0.25, -0.2) is 4.52 Å². The highest BCUT2D eigenvalue weighted by Crippen LogP contribution is 2.40. The standard InChI is InChI=1S/C18H17N7/c19-17-16-13(15-10-14(22-23-15)11-6-7-11)8-9-25(16)24-18(21-17)20-12-4-2-1-3-5-12/h1-5,8-11H,6-7H2,(H,22,23)(H3,19,20,21,24). The van der Waals surface area contributed by atoms with Crippen molar-refractivity contribution in [1.29, 1.82) is 0 Å². The number of anilines is 3. The van der Waals surface area contributed by atoms with Gasteiger partial charge in [0, 0.05) is 29.1 Å². The molecule has 3 heterocycles. The Balaban J connectivity index is 1.53. The van der Waals surface area contributed by atoms with Gasteiger partial charge in [0.25, 0.3) is 0 Å². The first-order valence-corrected chi connectivity index (χ1v) is 8.30. The van der Waals surface area contributed by atoms with Crippen molar-refractivity contribution in [3.8, 4) is 11.3 Å². The van der Waals surface area contributed by atoms with Crippen LogP contribution >= 0.6 is 0 Å². The summed E-state index contributed by atoms with van der Waals surface area (Å²) in [6.07, 6.45) is 4.35. The van der Waals surface area contributed by atoms with E-state index in [0.29, 0.717) is 17.7 Å². The normalized spacial score (nSPS) is 14.1. The Morgan fingerprint density at radius 1 is 1.16 bits per heavy atom. The minimum Gasteiger partial charge on any atom is -0.382 e. The van der Waals surface area contributed by atoms with Crippen molar-refractivity contribution in [3.63, 3.8) is 0 Å². The highest BCUT2D eigenvalue weighted by Gasteiger charge is 2.26. The molecule has 0 saturated heterocycles. The molecule has 0 aliphatic heterocycles. The van der Waals surface area contributed by atoms with Crippen molar-refractivity contribution in [3.05, 3.63) is 54.4 Å². The molecule has 1 fully saturated rings. The average Bonchev–Trinajstić information content (AvgIpc) is 3.19. The second-order valence-electron chi connectivity index (χ2n) is 6.32. The van der Waals surface area contributed by atoms with Crippen LogP contribution in [0, 0.1) is 0 Å². The van der Waals surface area contributed by atoms with Crippen LogP contribution in [0.1, 0.15) is 24.5 Å². The Bertz CT molecular complexity index is 1040. The van der Waals surface area contributed by atoms with Crippen LogP contribution in [0.5, 0.6) is 0 Å². The minimum absolute atomic E-state index is 0.421. The van der Waals surface area contributed by atoms with E-state index in [1.165, 1.54) is 18.5 Å². The molecule has 4 aromatic rings. The number of para-hydroxylation sites is 1. The number of aromatic amines is 1. The summed E-state index contributed by atoms with van der Waals surface area (Å²) in [5.41, 5.74) is 10.9. The molecule has 0 atom stereocenters. The number of nitrogen functional groups attached to an aromatic ring is 1. The molecule has 0 bridgehead atoms. The molecule has 1 aromatic carbocycles. The van der Waals surface area contributed by atoms with Gasteiger partial charge in [0.15, 0.2) is 5.82 Å². The summed E-state index contributed by atoms with van der Waals surface area (Å²) in [7, 11) is 0. The fraction of sp³-hybridized carbons (Fsp3) is 0.167. The van der Waals surface area contributed by atoms with Crippen molar-refractivity contribution in [2.45, 2.75) is 18.8 Å². The van der Waals surface area contributed by atoms with E-state index in [2.05, 4.69) is 31.7 Å². The number of benzene rings is 1. The van der Waals surface area contributed by atoms with Crippen LogP contribution in [-0.2, 0) is 0 Å². The van der Waals surface area contributed by atoms with Gasteiger partial charge in [-0.05, 0) is 37.1 Å². The van der Waals surface area contributed by atoms with Gasteiger partial charge < -0.3 is 11.1 Å². The number of fused-ring (bicyclic) bond motifs is 1. The summed E-state index contributed by atoms with van der Waals surface area (Å²) in [6, 6.07) is 13.8. The lowest BCUT2D eigenvalue weighted by atomic mass is 10.1. The molecule has 124 valence electrons. The first-order chi connectivity index (χ1) is 12.3. The summed E-state index contributed by atoms with van der Waals surface area (Å²) in [5.74, 6) is 1.51. The van der Waals surface area contributed by atoms with Crippen LogP contribution in [0.2, 0.25) is 0 Å². The van der Waals surface area contributed by atoms with Crippen molar-refractivity contribution in [2.24, 2.45) is 0 Å². The molecule has 1 saturated carbocycles. The number of rotatable bonds is 4. The van der Waals surface area contributed by atoms with E-state index in [9.17, 15) is 0 Å². The average molecular weight is 331 g/mol. The van der Waals surface area contributed by atoms with E-state index in [1.807, 2.05) is 42.6 Å². The minimum atomic E-state index is 0.421. The van der Waals surface area contributed by atoms with Gasteiger partial charge >= 0.3 is 0 Å². The van der Waals surface area contributed by atoms with Gasteiger partial charge in [-0.15, -0.1) is 5.10 Å². The monoisotopic (exact) mass is 331 g/mol. The molecule has 5 rings (SSSR count). The van der Waals surface area contributed by atoms with Gasteiger partial charge in [-0.3, -0.25) is 5.10 Å². The lowest BCUT2D eigenvalue weighted by Crippen LogP contribution is -2.05. The van der Waals surface area contributed by atoms with Crippen LogP contribution in [0.4, 0.5) is 17.5 Å². The lowest BCUT2D eigenvalue weighted by molar-refractivity contribution is 0.917. The number of hydrogen-bond acceptors (Lipinski definition) is 5. The molecule has 0 unspecified atom stereocenters. The van der Waals surface area contributed by atoms with E-state index >= 15 is 0 Å². The second kappa shape index (κ2) is 5.34. The highest BCUT2D eigenvalue weighted by molar-refractivity contribution is 5.86. The van der Waals surface area contributed by atoms with Crippen molar-refractivity contribution in [2.75, 3.05) is 11.1 Å². The molecule has 3 aromatic heterocycles. The smallest absolute Gasteiger partial charge is 0.247 e.